The lowest BCUT2D eigenvalue weighted by Gasteiger charge is -2.33. The van der Waals surface area contributed by atoms with Crippen molar-refractivity contribution >= 4 is 0 Å². The second kappa shape index (κ2) is 8.64. The Labute approximate surface area is 155 Å². The fourth-order valence-electron chi connectivity index (χ4n) is 3.54. The summed E-state index contributed by atoms with van der Waals surface area (Å²) in [5.41, 5.74) is 0.913. The van der Waals surface area contributed by atoms with Crippen LogP contribution in [0.4, 0.5) is 0 Å². The quantitative estimate of drug-likeness (QED) is 0.817. The first-order valence-electron chi connectivity index (χ1n) is 9.42. The zero-order valence-electron chi connectivity index (χ0n) is 15.9. The van der Waals surface area contributed by atoms with E-state index in [1.807, 2.05) is 24.3 Å². The summed E-state index contributed by atoms with van der Waals surface area (Å²) in [4.78, 5) is 6.84. The second-order valence-electron chi connectivity index (χ2n) is 7.55. The molecule has 0 saturated carbocycles. The molecule has 1 aromatic carbocycles. The average molecular weight is 359 g/mol. The van der Waals surface area contributed by atoms with Gasteiger partial charge in [0.1, 0.15) is 5.75 Å². The minimum absolute atomic E-state index is 0.178. The van der Waals surface area contributed by atoms with E-state index in [1.54, 1.807) is 7.11 Å². The zero-order valence-corrected chi connectivity index (χ0v) is 15.9. The minimum Gasteiger partial charge on any atom is -0.497 e. The highest BCUT2D eigenvalue weighted by Crippen LogP contribution is 2.26. The molecule has 6 nitrogen and oxygen atoms in total. The van der Waals surface area contributed by atoms with Gasteiger partial charge in [0.2, 0.25) is 11.7 Å². The molecule has 0 amide bonds. The Kier molecular flexibility index (Phi) is 6.27. The molecule has 1 N–H and O–H groups in total. The fraction of sp³-hybridized carbons (Fsp3) is 0.600. The van der Waals surface area contributed by atoms with Crippen molar-refractivity contribution in [2.24, 2.45) is 11.8 Å². The molecule has 142 valence electrons. The van der Waals surface area contributed by atoms with Crippen LogP contribution in [0.3, 0.4) is 0 Å². The number of benzene rings is 1. The Morgan fingerprint density at radius 2 is 1.92 bits per heavy atom. The van der Waals surface area contributed by atoms with Crippen molar-refractivity contribution in [3.63, 3.8) is 0 Å². The number of aromatic nitrogens is 2. The normalized spacial score (nSPS) is 17.6. The first-order chi connectivity index (χ1) is 12.5. The number of nitrogens with zero attached hydrogens (tertiary/aromatic N) is 3. The summed E-state index contributed by atoms with van der Waals surface area (Å²) in [6.45, 7) is 6.90. The molecule has 1 aliphatic heterocycles. The molecule has 0 aliphatic carbocycles. The predicted molar refractivity (Wildman–Crippen MR) is 99.7 cm³/mol. The van der Waals surface area contributed by atoms with Gasteiger partial charge in [-0.05, 0) is 68.5 Å². The van der Waals surface area contributed by atoms with Crippen LogP contribution in [0.5, 0.6) is 5.75 Å². The summed E-state index contributed by atoms with van der Waals surface area (Å²) in [7, 11) is 1.65. The molecule has 2 aromatic rings. The molecule has 0 bridgehead atoms. The number of aliphatic hydroxyl groups excluding tert-OH is 1. The monoisotopic (exact) mass is 359 g/mol. The molecular weight excluding hydrogens is 330 g/mol. The number of piperidine rings is 1. The van der Waals surface area contributed by atoms with Gasteiger partial charge in [-0.15, -0.1) is 0 Å². The van der Waals surface area contributed by atoms with Crippen molar-refractivity contribution in [1.29, 1.82) is 0 Å². The van der Waals surface area contributed by atoms with Crippen molar-refractivity contribution in [1.82, 2.24) is 15.0 Å². The van der Waals surface area contributed by atoms with E-state index in [1.165, 1.54) is 0 Å². The number of likely N-dealkylation sites (tertiary alicyclic amines) is 1. The topological polar surface area (TPSA) is 71.6 Å². The van der Waals surface area contributed by atoms with Gasteiger partial charge in [-0.25, -0.2) is 0 Å². The summed E-state index contributed by atoms with van der Waals surface area (Å²) in [5, 5.41) is 14.4. The molecule has 3 rings (SSSR count). The van der Waals surface area contributed by atoms with E-state index >= 15 is 0 Å². The molecule has 1 aliphatic rings. The third-order valence-electron chi connectivity index (χ3n) is 5.06. The molecule has 26 heavy (non-hydrogen) atoms. The van der Waals surface area contributed by atoms with E-state index in [0.29, 0.717) is 30.1 Å². The predicted octanol–water partition coefficient (Wildman–Crippen LogP) is 3.36. The summed E-state index contributed by atoms with van der Waals surface area (Å²) in [6, 6.07) is 7.63. The van der Waals surface area contributed by atoms with Crippen molar-refractivity contribution in [2.45, 2.75) is 45.8 Å². The molecule has 1 aromatic heterocycles. The molecule has 0 spiro atoms. The molecule has 2 heterocycles. The molecule has 1 fully saturated rings. The highest BCUT2D eigenvalue weighted by molar-refractivity contribution is 5.55. The van der Waals surface area contributed by atoms with Crippen LogP contribution >= 0.6 is 0 Å². The maximum Gasteiger partial charge on any atom is 0.241 e. The Morgan fingerprint density at radius 1 is 1.23 bits per heavy atom. The van der Waals surface area contributed by atoms with Crippen LogP contribution < -0.4 is 4.74 Å². The molecule has 0 radical (unpaired) electrons. The van der Waals surface area contributed by atoms with E-state index in [-0.39, 0.29) is 6.10 Å². The Morgan fingerprint density at radius 3 is 2.54 bits per heavy atom. The third-order valence-corrected chi connectivity index (χ3v) is 5.06. The SMILES string of the molecule is COc1ccc(-c2noc(CN3CCC([C@@H](O)CC(C)C)CC3)n2)cc1. The summed E-state index contributed by atoms with van der Waals surface area (Å²) < 4.78 is 10.6. The molecular formula is C20H29N3O3. The van der Waals surface area contributed by atoms with Crippen LogP contribution in [0.2, 0.25) is 0 Å². The standard InChI is InChI=1S/C20H29N3O3/c1-14(2)12-18(24)15-8-10-23(11-9-15)13-19-21-20(22-26-19)16-4-6-17(25-3)7-5-16/h4-7,14-15,18,24H,8-13H2,1-3H3/t18-/m0/s1. The third kappa shape index (κ3) is 4.83. The van der Waals surface area contributed by atoms with Crippen LogP contribution in [-0.2, 0) is 6.54 Å². The van der Waals surface area contributed by atoms with Crippen molar-refractivity contribution in [3.8, 4) is 17.1 Å². The van der Waals surface area contributed by atoms with Crippen molar-refractivity contribution in [2.75, 3.05) is 20.2 Å². The van der Waals surface area contributed by atoms with Crippen LogP contribution in [0.25, 0.3) is 11.4 Å². The van der Waals surface area contributed by atoms with E-state index in [9.17, 15) is 5.11 Å². The van der Waals surface area contributed by atoms with Crippen LogP contribution in [0.1, 0.15) is 39.0 Å². The van der Waals surface area contributed by atoms with E-state index in [4.69, 9.17) is 9.26 Å². The summed E-state index contributed by atoms with van der Waals surface area (Å²) in [5.74, 6) is 2.99. The Balaban J connectivity index is 1.52. The van der Waals surface area contributed by atoms with Gasteiger partial charge < -0.3 is 14.4 Å². The van der Waals surface area contributed by atoms with Gasteiger partial charge >= 0.3 is 0 Å². The largest absolute Gasteiger partial charge is 0.497 e. The van der Waals surface area contributed by atoms with Gasteiger partial charge in [0.25, 0.3) is 0 Å². The zero-order chi connectivity index (χ0) is 18.5. The molecule has 1 saturated heterocycles. The van der Waals surface area contributed by atoms with Crippen molar-refractivity contribution < 1.29 is 14.4 Å². The molecule has 6 heteroatoms. The number of ether oxygens (including phenoxy) is 1. The fourth-order valence-corrected chi connectivity index (χ4v) is 3.54. The van der Waals surface area contributed by atoms with Gasteiger partial charge in [0.05, 0.1) is 19.8 Å². The van der Waals surface area contributed by atoms with Gasteiger partial charge in [0, 0.05) is 5.56 Å². The lowest BCUT2D eigenvalue weighted by molar-refractivity contribution is 0.0413. The first kappa shape index (κ1) is 18.9. The number of hydrogen-bond donors (Lipinski definition) is 1. The lowest BCUT2D eigenvalue weighted by Crippen LogP contribution is -2.37. The average Bonchev–Trinajstić information content (AvgIpc) is 3.10. The lowest BCUT2D eigenvalue weighted by atomic mass is 9.87. The number of methoxy groups -OCH3 is 1. The maximum atomic E-state index is 10.3. The van der Waals surface area contributed by atoms with Crippen LogP contribution in [0.15, 0.2) is 28.8 Å². The van der Waals surface area contributed by atoms with E-state index < -0.39 is 0 Å². The van der Waals surface area contributed by atoms with Crippen molar-refractivity contribution in [3.05, 3.63) is 30.2 Å². The van der Waals surface area contributed by atoms with Crippen LogP contribution in [-0.4, -0.2) is 46.5 Å². The molecule has 0 unspecified atom stereocenters. The highest BCUT2D eigenvalue weighted by atomic mass is 16.5. The maximum absolute atomic E-state index is 10.3. The summed E-state index contributed by atoms with van der Waals surface area (Å²) in [6.07, 6.45) is 2.75. The number of rotatable bonds is 7. The van der Waals surface area contributed by atoms with E-state index in [0.717, 1.165) is 43.7 Å². The van der Waals surface area contributed by atoms with Crippen LogP contribution in [0, 0.1) is 11.8 Å². The minimum atomic E-state index is -0.178. The Bertz CT molecular complexity index is 676. The van der Waals surface area contributed by atoms with Gasteiger partial charge in [-0.1, -0.05) is 19.0 Å². The highest BCUT2D eigenvalue weighted by Gasteiger charge is 2.26. The van der Waals surface area contributed by atoms with Gasteiger partial charge in [0.15, 0.2) is 0 Å². The second-order valence-corrected chi connectivity index (χ2v) is 7.55. The van der Waals surface area contributed by atoms with Gasteiger partial charge in [-0.3, -0.25) is 4.90 Å². The molecule has 1 atom stereocenters. The Hall–Kier alpha value is -1.92. The van der Waals surface area contributed by atoms with Gasteiger partial charge in [-0.2, -0.15) is 4.98 Å². The smallest absolute Gasteiger partial charge is 0.241 e. The number of aliphatic hydroxyl groups is 1. The summed E-state index contributed by atoms with van der Waals surface area (Å²) >= 11 is 0. The van der Waals surface area contributed by atoms with E-state index in [2.05, 4.69) is 28.9 Å². The first-order valence-corrected chi connectivity index (χ1v) is 9.42. The number of hydrogen-bond acceptors (Lipinski definition) is 6.